The molecule has 1 heterocycles. The van der Waals surface area contributed by atoms with Crippen molar-refractivity contribution in [1.82, 2.24) is 4.57 Å². The van der Waals surface area contributed by atoms with Crippen LogP contribution in [0.3, 0.4) is 0 Å². The van der Waals surface area contributed by atoms with Crippen LogP contribution in [0.1, 0.15) is 19.4 Å². The zero-order valence-corrected chi connectivity index (χ0v) is 12.6. The van der Waals surface area contributed by atoms with Gasteiger partial charge in [0, 0.05) is 0 Å². The van der Waals surface area contributed by atoms with Gasteiger partial charge in [-0.1, -0.05) is 30.3 Å². The fraction of sp³-hybridized carbons (Fsp3) is 0.357. The molecule has 0 aliphatic heterocycles. The van der Waals surface area contributed by atoms with E-state index in [0.717, 1.165) is 13.1 Å². The van der Waals surface area contributed by atoms with E-state index in [1.807, 2.05) is 0 Å². The standard InChI is InChI=1S/C7H13N2.C7H8O3S/c1-3-8-5-6-9(4-2)7-8;8-11(9,10)6-7-4-2-1-3-5-7/h5-7H,3-4H2,1-2H3;1-5H,6H2,(H,8,9,10)/q+1;/p-1. The van der Waals surface area contributed by atoms with Gasteiger partial charge in [0.05, 0.1) is 29.0 Å². The number of hydrogen-bond donors (Lipinski definition) is 0. The van der Waals surface area contributed by atoms with Crippen molar-refractivity contribution < 1.29 is 17.5 Å². The Kier molecular flexibility index (Phi) is 6.41. The van der Waals surface area contributed by atoms with E-state index in [-0.39, 0.29) is 0 Å². The fourth-order valence-electron chi connectivity index (χ4n) is 1.59. The molecule has 0 amide bonds. The summed E-state index contributed by atoms with van der Waals surface area (Å²) in [4.78, 5) is 0. The predicted octanol–water partition coefficient (Wildman–Crippen LogP) is 1.55. The van der Waals surface area contributed by atoms with E-state index in [9.17, 15) is 13.0 Å². The van der Waals surface area contributed by atoms with Crippen LogP contribution >= 0.6 is 0 Å². The third kappa shape index (κ3) is 6.49. The lowest BCUT2D eigenvalue weighted by Crippen LogP contribution is -2.28. The Morgan fingerprint density at radius 2 is 1.85 bits per heavy atom. The van der Waals surface area contributed by atoms with Crippen molar-refractivity contribution in [2.75, 3.05) is 0 Å². The van der Waals surface area contributed by atoms with Crippen LogP contribution in [0.5, 0.6) is 0 Å². The summed E-state index contributed by atoms with van der Waals surface area (Å²) in [5.74, 6) is -0.423. The van der Waals surface area contributed by atoms with Crippen LogP contribution < -0.4 is 4.57 Å². The van der Waals surface area contributed by atoms with Crippen molar-refractivity contribution in [3.63, 3.8) is 0 Å². The van der Waals surface area contributed by atoms with Crippen molar-refractivity contribution in [3.8, 4) is 0 Å². The third-order valence-corrected chi connectivity index (χ3v) is 3.35. The quantitative estimate of drug-likeness (QED) is 0.635. The largest absolute Gasteiger partial charge is 0.748 e. The Morgan fingerprint density at radius 1 is 1.20 bits per heavy atom. The molecule has 110 valence electrons. The van der Waals surface area contributed by atoms with Crippen LogP contribution in [-0.2, 0) is 29.0 Å². The van der Waals surface area contributed by atoms with Gasteiger partial charge in [0.15, 0.2) is 0 Å². The van der Waals surface area contributed by atoms with E-state index in [1.54, 1.807) is 30.3 Å². The molecule has 0 radical (unpaired) electrons. The Hall–Kier alpha value is -1.66. The van der Waals surface area contributed by atoms with E-state index >= 15 is 0 Å². The normalized spacial score (nSPS) is 10.8. The first-order valence-electron chi connectivity index (χ1n) is 6.47. The SMILES string of the molecule is CCn1cc[n+](CC)c1.O=S(=O)([O-])Cc1ccccc1. The first-order chi connectivity index (χ1) is 9.44. The molecule has 5 nitrogen and oxygen atoms in total. The molecule has 0 atom stereocenters. The van der Waals surface area contributed by atoms with E-state index in [4.69, 9.17) is 0 Å². The summed E-state index contributed by atoms with van der Waals surface area (Å²) in [7, 11) is -4.13. The molecule has 0 aliphatic rings. The molecular weight excluding hydrogens is 276 g/mol. The molecule has 0 aliphatic carbocycles. The second-order valence-corrected chi connectivity index (χ2v) is 5.67. The second-order valence-electron chi connectivity index (χ2n) is 4.26. The van der Waals surface area contributed by atoms with Crippen molar-refractivity contribution in [3.05, 3.63) is 54.6 Å². The van der Waals surface area contributed by atoms with Gasteiger partial charge in [0.1, 0.15) is 12.4 Å². The molecule has 6 heteroatoms. The molecule has 2 rings (SSSR count). The number of aryl methyl sites for hydroxylation is 2. The lowest BCUT2D eigenvalue weighted by Gasteiger charge is -2.05. The van der Waals surface area contributed by atoms with E-state index < -0.39 is 15.9 Å². The molecule has 0 fully saturated rings. The van der Waals surface area contributed by atoms with Gasteiger partial charge >= 0.3 is 0 Å². The highest BCUT2D eigenvalue weighted by atomic mass is 32.2. The maximum absolute atomic E-state index is 10.2. The summed E-state index contributed by atoms with van der Waals surface area (Å²) in [5.41, 5.74) is 0.530. The lowest BCUT2D eigenvalue weighted by molar-refractivity contribution is -0.693. The topological polar surface area (TPSA) is 66.0 Å². The zero-order chi connectivity index (χ0) is 15.0. The summed E-state index contributed by atoms with van der Waals surface area (Å²) in [6.45, 7) is 6.40. The van der Waals surface area contributed by atoms with E-state index in [1.165, 1.54) is 0 Å². The Labute approximate surface area is 120 Å². The molecule has 0 saturated heterocycles. The number of nitrogens with zero attached hydrogens (tertiary/aromatic N) is 2. The third-order valence-electron chi connectivity index (χ3n) is 2.66. The molecule has 0 unspecified atom stereocenters. The number of hydrogen-bond acceptors (Lipinski definition) is 3. The van der Waals surface area contributed by atoms with Gasteiger partial charge in [-0.2, -0.15) is 0 Å². The Balaban J connectivity index is 0.000000204. The molecule has 0 N–H and O–H groups in total. The summed E-state index contributed by atoms with van der Waals surface area (Å²) in [6.07, 6.45) is 6.28. The molecule has 2 aromatic rings. The maximum Gasteiger partial charge on any atom is 0.243 e. The highest BCUT2D eigenvalue weighted by Crippen LogP contribution is 2.02. The average molecular weight is 296 g/mol. The molecule has 0 spiro atoms. The van der Waals surface area contributed by atoms with Crippen LogP contribution in [0, 0.1) is 0 Å². The average Bonchev–Trinajstić information content (AvgIpc) is 2.86. The highest BCUT2D eigenvalue weighted by Gasteiger charge is 1.96. The second kappa shape index (κ2) is 7.81. The van der Waals surface area contributed by atoms with Gasteiger partial charge in [-0.15, -0.1) is 0 Å². The minimum absolute atomic E-state index is 0.423. The van der Waals surface area contributed by atoms with E-state index in [0.29, 0.717) is 5.56 Å². The molecular formula is C14H20N2O3S. The number of aromatic nitrogens is 2. The Bertz CT molecular complexity index is 588. The van der Waals surface area contributed by atoms with Crippen LogP contribution in [-0.4, -0.2) is 17.5 Å². The van der Waals surface area contributed by atoms with Gasteiger partial charge in [-0.25, -0.2) is 17.6 Å². The lowest BCUT2D eigenvalue weighted by atomic mass is 10.2. The summed E-state index contributed by atoms with van der Waals surface area (Å²) >= 11 is 0. The monoisotopic (exact) mass is 296 g/mol. The van der Waals surface area contributed by atoms with Gasteiger partial charge < -0.3 is 4.55 Å². The van der Waals surface area contributed by atoms with Gasteiger partial charge in [-0.3, -0.25) is 0 Å². The fourth-order valence-corrected chi connectivity index (χ4v) is 2.19. The zero-order valence-electron chi connectivity index (χ0n) is 11.8. The smallest absolute Gasteiger partial charge is 0.243 e. The van der Waals surface area contributed by atoms with Crippen LogP contribution in [0.2, 0.25) is 0 Å². The van der Waals surface area contributed by atoms with Gasteiger partial charge in [-0.05, 0) is 19.4 Å². The molecule has 0 bridgehead atoms. The van der Waals surface area contributed by atoms with Crippen LogP contribution in [0.25, 0.3) is 0 Å². The minimum atomic E-state index is -4.13. The van der Waals surface area contributed by atoms with Crippen molar-refractivity contribution >= 4 is 10.1 Å². The highest BCUT2D eigenvalue weighted by molar-refractivity contribution is 7.84. The number of benzene rings is 1. The Morgan fingerprint density at radius 3 is 2.25 bits per heavy atom. The van der Waals surface area contributed by atoms with Gasteiger partial charge in [0.2, 0.25) is 6.33 Å². The maximum atomic E-state index is 10.2. The summed E-state index contributed by atoms with van der Waals surface area (Å²) < 4.78 is 35.0. The molecule has 0 saturated carbocycles. The van der Waals surface area contributed by atoms with Crippen molar-refractivity contribution in [2.45, 2.75) is 32.7 Å². The number of imidazole rings is 1. The summed E-state index contributed by atoms with van der Waals surface area (Å²) in [5, 5.41) is 0. The van der Waals surface area contributed by atoms with Crippen LogP contribution in [0.4, 0.5) is 0 Å². The molecule has 1 aromatic carbocycles. The van der Waals surface area contributed by atoms with Crippen LogP contribution in [0.15, 0.2) is 49.1 Å². The molecule has 20 heavy (non-hydrogen) atoms. The van der Waals surface area contributed by atoms with Gasteiger partial charge in [0.25, 0.3) is 0 Å². The first kappa shape index (κ1) is 16.4. The molecule has 1 aromatic heterocycles. The van der Waals surface area contributed by atoms with E-state index in [2.05, 4.69) is 41.7 Å². The van der Waals surface area contributed by atoms with Crippen molar-refractivity contribution in [2.24, 2.45) is 0 Å². The first-order valence-corrected chi connectivity index (χ1v) is 8.04. The van der Waals surface area contributed by atoms with Crippen molar-refractivity contribution in [1.29, 1.82) is 0 Å². The summed E-state index contributed by atoms with van der Waals surface area (Å²) in [6, 6.07) is 8.37. The predicted molar refractivity (Wildman–Crippen MR) is 75.8 cm³/mol. The minimum Gasteiger partial charge on any atom is -0.748 e. The number of rotatable bonds is 4.